The maximum Gasteiger partial charge on any atom is 0.193 e. The molecule has 0 aliphatic carbocycles. The molecule has 128 valence electrons. The van der Waals surface area contributed by atoms with Crippen molar-refractivity contribution >= 4 is 17.3 Å². The Hall–Kier alpha value is -1.88. The van der Waals surface area contributed by atoms with E-state index in [0.717, 1.165) is 30.6 Å². The van der Waals surface area contributed by atoms with Crippen molar-refractivity contribution in [3.05, 3.63) is 52.0 Å². The van der Waals surface area contributed by atoms with Gasteiger partial charge in [0.1, 0.15) is 0 Å². The Morgan fingerprint density at radius 3 is 2.79 bits per heavy atom. The number of thiazole rings is 1. The van der Waals surface area contributed by atoms with Crippen LogP contribution < -0.4 is 5.32 Å². The van der Waals surface area contributed by atoms with Crippen LogP contribution in [0.3, 0.4) is 0 Å². The monoisotopic (exact) mass is 342 g/mol. The minimum Gasteiger partial charge on any atom is -0.351 e. The second-order valence-electron chi connectivity index (χ2n) is 6.48. The number of piperidine rings is 1. The number of likely N-dealkylation sites (tertiary alicyclic amines) is 1. The van der Waals surface area contributed by atoms with E-state index in [1.54, 1.807) is 11.3 Å². The molecule has 0 spiro atoms. The largest absolute Gasteiger partial charge is 0.351 e. The van der Waals surface area contributed by atoms with Crippen molar-refractivity contribution in [2.24, 2.45) is 10.9 Å². The highest BCUT2D eigenvalue weighted by Crippen LogP contribution is 2.32. The number of guanidine groups is 1. The molecule has 3 rings (SSSR count). The molecule has 0 amide bonds. The lowest BCUT2D eigenvalue weighted by Crippen LogP contribution is -2.47. The van der Waals surface area contributed by atoms with E-state index in [-0.39, 0.29) is 0 Å². The Kier molecular flexibility index (Phi) is 5.51. The maximum absolute atomic E-state index is 4.48. The van der Waals surface area contributed by atoms with E-state index in [0.29, 0.717) is 11.8 Å². The highest BCUT2D eigenvalue weighted by molar-refractivity contribution is 7.11. The van der Waals surface area contributed by atoms with Crippen molar-refractivity contribution < 1.29 is 0 Å². The number of aromatic nitrogens is 1. The minimum atomic E-state index is 0.616. The van der Waals surface area contributed by atoms with E-state index in [1.165, 1.54) is 16.9 Å². The van der Waals surface area contributed by atoms with Gasteiger partial charge in [0.25, 0.3) is 0 Å². The fourth-order valence-corrected chi connectivity index (χ4v) is 4.25. The zero-order valence-corrected chi connectivity index (χ0v) is 15.5. The van der Waals surface area contributed by atoms with Gasteiger partial charge in [-0.1, -0.05) is 37.3 Å². The molecule has 2 atom stereocenters. The molecule has 1 aromatic carbocycles. The molecule has 2 unspecified atom stereocenters. The van der Waals surface area contributed by atoms with Gasteiger partial charge in [-0.25, -0.2) is 4.98 Å². The molecule has 1 N–H and O–H groups in total. The van der Waals surface area contributed by atoms with Crippen LogP contribution in [0.15, 0.2) is 41.5 Å². The summed E-state index contributed by atoms with van der Waals surface area (Å²) in [5.74, 6) is 2.26. The first-order chi connectivity index (χ1) is 11.7. The zero-order chi connectivity index (χ0) is 16.9. The maximum atomic E-state index is 4.48. The van der Waals surface area contributed by atoms with Gasteiger partial charge in [-0.15, -0.1) is 11.3 Å². The number of hydrogen-bond donors (Lipinski definition) is 1. The third-order valence-electron chi connectivity index (χ3n) is 4.73. The van der Waals surface area contributed by atoms with Gasteiger partial charge in [0.15, 0.2) is 5.96 Å². The SMILES string of the molecule is CN=C(NCc1cnc(C)s1)N1CCC(c2ccccc2)C(C)C1. The number of aliphatic imine (C=N–C) groups is 1. The molecule has 2 heterocycles. The van der Waals surface area contributed by atoms with Crippen molar-refractivity contribution in [1.82, 2.24) is 15.2 Å². The number of hydrogen-bond acceptors (Lipinski definition) is 3. The van der Waals surface area contributed by atoms with Crippen molar-refractivity contribution in [1.29, 1.82) is 0 Å². The molecule has 0 radical (unpaired) electrons. The van der Waals surface area contributed by atoms with Crippen LogP contribution >= 0.6 is 11.3 Å². The summed E-state index contributed by atoms with van der Waals surface area (Å²) in [5.41, 5.74) is 1.47. The Balaban J connectivity index is 1.59. The van der Waals surface area contributed by atoms with Crippen LogP contribution in [0.1, 0.15) is 34.7 Å². The van der Waals surface area contributed by atoms with Gasteiger partial charge in [0.2, 0.25) is 0 Å². The number of nitrogens with zero attached hydrogens (tertiary/aromatic N) is 3. The van der Waals surface area contributed by atoms with E-state index < -0.39 is 0 Å². The lowest BCUT2D eigenvalue weighted by atomic mass is 9.82. The van der Waals surface area contributed by atoms with Crippen LogP contribution in [0.5, 0.6) is 0 Å². The Bertz CT molecular complexity index is 680. The van der Waals surface area contributed by atoms with Crippen LogP contribution in [0.2, 0.25) is 0 Å². The second kappa shape index (κ2) is 7.79. The van der Waals surface area contributed by atoms with Crippen LogP contribution in [-0.4, -0.2) is 36.0 Å². The predicted molar refractivity (Wildman–Crippen MR) is 102 cm³/mol. The standard InChI is InChI=1S/C19H26N4S/c1-14-13-23(10-9-18(14)16-7-5-4-6-8-16)19(20-3)22-12-17-11-21-15(2)24-17/h4-8,11,14,18H,9-10,12-13H2,1-3H3,(H,20,22). The fraction of sp³-hybridized carbons (Fsp3) is 0.474. The van der Waals surface area contributed by atoms with Crippen molar-refractivity contribution in [2.75, 3.05) is 20.1 Å². The molecule has 0 bridgehead atoms. The summed E-state index contributed by atoms with van der Waals surface area (Å²) < 4.78 is 0. The van der Waals surface area contributed by atoms with Gasteiger partial charge in [-0.05, 0) is 30.7 Å². The van der Waals surface area contributed by atoms with Crippen LogP contribution in [-0.2, 0) is 6.54 Å². The summed E-state index contributed by atoms with van der Waals surface area (Å²) in [6.45, 7) is 7.28. The first kappa shape index (κ1) is 17.0. The van der Waals surface area contributed by atoms with Crippen LogP contribution in [0.4, 0.5) is 0 Å². The topological polar surface area (TPSA) is 40.5 Å². The van der Waals surface area contributed by atoms with Gasteiger partial charge in [-0.3, -0.25) is 4.99 Å². The van der Waals surface area contributed by atoms with Gasteiger partial charge < -0.3 is 10.2 Å². The van der Waals surface area contributed by atoms with E-state index in [9.17, 15) is 0 Å². The first-order valence-corrected chi connectivity index (χ1v) is 9.41. The number of benzene rings is 1. The number of aryl methyl sites for hydroxylation is 1. The molecule has 24 heavy (non-hydrogen) atoms. The normalized spacial score (nSPS) is 21.8. The van der Waals surface area contributed by atoms with Gasteiger partial charge in [-0.2, -0.15) is 0 Å². The van der Waals surface area contributed by atoms with Gasteiger partial charge in [0, 0.05) is 31.2 Å². The summed E-state index contributed by atoms with van der Waals surface area (Å²) >= 11 is 1.74. The molecule has 1 fully saturated rings. The van der Waals surface area contributed by atoms with Crippen molar-refractivity contribution in [2.45, 2.75) is 32.7 Å². The van der Waals surface area contributed by atoms with E-state index in [2.05, 4.69) is 57.4 Å². The second-order valence-corrected chi connectivity index (χ2v) is 7.79. The van der Waals surface area contributed by atoms with Crippen molar-refractivity contribution in [3.8, 4) is 0 Å². The Labute approximate surface area is 148 Å². The zero-order valence-electron chi connectivity index (χ0n) is 14.7. The molecule has 5 heteroatoms. The summed E-state index contributed by atoms with van der Waals surface area (Å²) in [6.07, 6.45) is 3.12. The Morgan fingerprint density at radius 1 is 1.38 bits per heavy atom. The molecule has 4 nitrogen and oxygen atoms in total. The third-order valence-corrected chi connectivity index (χ3v) is 5.65. The smallest absolute Gasteiger partial charge is 0.193 e. The average Bonchev–Trinajstić information content (AvgIpc) is 3.02. The summed E-state index contributed by atoms with van der Waals surface area (Å²) in [4.78, 5) is 12.4. The Morgan fingerprint density at radius 2 is 2.17 bits per heavy atom. The minimum absolute atomic E-state index is 0.616. The molecular weight excluding hydrogens is 316 g/mol. The van der Waals surface area contributed by atoms with Crippen molar-refractivity contribution in [3.63, 3.8) is 0 Å². The highest BCUT2D eigenvalue weighted by atomic mass is 32.1. The molecule has 1 aliphatic heterocycles. The highest BCUT2D eigenvalue weighted by Gasteiger charge is 2.28. The van der Waals surface area contributed by atoms with E-state index in [1.807, 2.05) is 20.2 Å². The lowest BCUT2D eigenvalue weighted by molar-refractivity contribution is 0.234. The third kappa shape index (κ3) is 3.96. The quantitative estimate of drug-likeness (QED) is 0.684. The average molecular weight is 343 g/mol. The summed E-state index contributed by atoms with van der Waals surface area (Å²) in [6, 6.07) is 10.9. The fourth-order valence-electron chi connectivity index (χ4n) is 3.52. The summed E-state index contributed by atoms with van der Waals surface area (Å²) in [5, 5.41) is 4.60. The molecule has 1 saturated heterocycles. The van der Waals surface area contributed by atoms with Gasteiger partial charge >= 0.3 is 0 Å². The van der Waals surface area contributed by atoms with E-state index in [4.69, 9.17) is 0 Å². The number of nitrogens with one attached hydrogen (secondary N) is 1. The molecule has 0 saturated carbocycles. The van der Waals surface area contributed by atoms with Gasteiger partial charge in [0.05, 0.1) is 11.6 Å². The molecular formula is C19H26N4S. The molecule has 1 aromatic heterocycles. The first-order valence-electron chi connectivity index (χ1n) is 8.59. The van der Waals surface area contributed by atoms with Crippen LogP contribution in [0.25, 0.3) is 0 Å². The lowest BCUT2D eigenvalue weighted by Gasteiger charge is -2.38. The van der Waals surface area contributed by atoms with Crippen LogP contribution in [0, 0.1) is 12.8 Å². The predicted octanol–water partition coefficient (Wildman–Crippen LogP) is 3.65. The number of rotatable bonds is 3. The summed E-state index contributed by atoms with van der Waals surface area (Å²) in [7, 11) is 1.87. The molecule has 1 aliphatic rings. The van der Waals surface area contributed by atoms with E-state index >= 15 is 0 Å². The molecule has 2 aromatic rings.